The monoisotopic (exact) mass is 1740 g/mol. The lowest BCUT2D eigenvalue weighted by Crippen LogP contribution is -2.70. The first-order chi connectivity index (χ1) is 57.8. The number of amides is 2. The topological polar surface area (TPSA) is 586 Å². The summed E-state index contributed by atoms with van der Waals surface area (Å²) in [5, 5.41) is 204. The Labute approximate surface area is 705 Å². The van der Waals surface area contributed by atoms with Gasteiger partial charge in [0.15, 0.2) is 43.8 Å². The molecule has 2 amide bonds. The predicted molar refractivity (Wildman–Crippen MR) is 421 cm³/mol. The Hall–Kier alpha value is -2.96. The van der Waals surface area contributed by atoms with Crippen molar-refractivity contribution in [1.29, 1.82) is 0 Å². The molecule has 0 saturated carbocycles. The van der Waals surface area contributed by atoms with Crippen molar-refractivity contribution in [3.8, 4) is 0 Å². The highest BCUT2D eigenvalue weighted by molar-refractivity contribution is 5.80. The summed E-state index contributed by atoms with van der Waals surface area (Å²) in [6, 6.07) is -1.79. The molecule has 6 rings (SSSR count). The standard InChI is InChI=1S/C81H150N2O34.CO2/c1-5-7-9-11-13-15-17-19-21-23-25-27-29-33-37-104-47-57(105-38-34-30-28-26-24-22-20-18-16-14-12-10-8-6-2)76(103)82-36-32-31-35-39-106-78-66(99)64(97)71(55(45-88)110-78)114-79-67(100)65(98)72(56(46-89)111-79)115-80-69(102)75(63(96)54(44-87)108-80)117-77-59(83-49(4)90)73(61(94)52(42-85)107-77)116-81-68(101)74(62(95)53(43-86)109-81)113-58-40-50(91)48(3)70(112-58)60(93)51(92)41-84;2-1-3/h48,50-75,77-81,84-89,91-102H,5-47H2,1-4H3,(H,82,103)(H,83,90);/t48-,50-,51-,52?,53?,54?,55?,56?,57-,58-,59?,60-,61+,62+,63+,64-,65-,66?,67?,68?,69?,70?,71-,72+,73-,74+,75+,77+,78-,79+,80-,81+;/m1./s1. The van der Waals surface area contributed by atoms with E-state index in [0.717, 1.165) is 45.4 Å². The summed E-state index contributed by atoms with van der Waals surface area (Å²) in [6.07, 6.45) is -17.6. The first kappa shape index (κ1) is 108. The van der Waals surface area contributed by atoms with Crippen LogP contribution >= 0.6 is 0 Å². The van der Waals surface area contributed by atoms with Gasteiger partial charge in [-0.1, -0.05) is 188 Å². The summed E-state index contributed by atoms with van der Waals surface area (Å²) in [5.41, 5.74) is 0. The molecule has 32 atom stereocenters. The minimum atomic E-state index is -2.24. The second-order valence-electron chi connectivity index (χ2n) is 32.6. The summed E-state index contributed by atoms with van der Waals surface area (Å²) in [6.45, 7) is 2.77. The van der Waals surface area contributed by atoms with Crippen LogP contribution in [0.3, 0.4) is 0 Å². The average molecular weight is 1740 g/mol. The lowest BCUT2D eigenvalue weighted by Gasteiger charge is -2.50. The van der Waals surface area contributed by atoms with Crippen LogP contribution in [0.2, 0.25) is 0 Å². The fraction of sp³-hybridized carbons (Fsp3) is 0.963. The zero-order valence-electron chi connectivity index (χ0n) is 70.8. The molecule has 0 radical (unpaired) electrons. The van der Waals surface area contributed by atoms with E-state index in [1.165, 1.54) is 148 Å². The molecule has 0 bridgehead atoms. The maximum absolute atomic E-state index is 13.6. The van der Waals surface area contributed by atoms with Gasteiger partial charge >= 0.3 is 6.15 Å². The van der Waals surface area contributed by atoms with Crippen molar-refractivity contribution >= 4 is 18.0 Å². The van der Waals surface area contributed by atoms with Crippen LogP contribution in [0.1, 0.15) is 233 Å². The molecule has 0 aromatic rings. The van der Waals surface area contributed by atoms with Gasteiger partial charge in [-0.05, 0) is 32.1 Å². The van der Waals surface area contributed by atoms with Crippen molar-refractivity contribution in [2.24, 2.45) is 5.92 Å². The van der Waals surface area contributed by atoms with Gasteiger partial charge in [0.25, 0.3) is 5.91 Å². The van der Waals surface area contributed by atoms with Gasteiger partial charge in [0.2, 0.25) is 5.91 Å². The minimum Gasteiger partial charge on any atom is -0.394 e. The SMILES string of the molecule is CCCCCCCCCCCCCCCCOC[C@@H](OCCCCCCCCCCCCCCCC)C(=O)NCCCCCO[C@@H]1OC(CO)[C@@H](O[C@@H]2OC(CO)[C@H](O[C@H]3OC(CO)[C@H](O)[C@H](O[C@@H]4OC(CO)[C@H](O)[C@H](O[C@@H]5OC(CO)[C@H](O)[C@H](O[C@@H]6C[C@@H](O)[C@@H](C)C([C@H](O)[C@H](O)CO)O6)C5O)C4NC(C)=O)C3O)[C@H](O)C2O)[C@H](O)C1O.O=C=O. The molecule has 6 aliphatic rings. The number of unbranched alkanes of at least 4 members (excludes halogenated alkanes) is 28. The lowest BCUT2D eigenvalue weighted by atomic mass is 9.87. The van der Waals surface area contributed by atoms with Crippen LogP contribution in [-0.4, -0.2) is 373 Å². The van der Waals surface area contributed by atoms with Crippen LogP contribution in [0.4, 0.5) is 0 Å². The van der Waals surface area contributed by atoms with E-state index >= 15 is 0 Å². The van der Waals surface area contributed by atoms with E-state index < -0.39 is 242 Å². The van der Waals surface area contributed by atoms with Crippen LogP contribution < -0.4 is 10.6 Å². The molecule has 0 spiro atoms. The Kier molecular flexibility index (Phi) is 54.4. The molecule has 0 aromatic carbocycles. The Morgan fingerprint density at radius 2 is 0.783 bits per heavy atom. The van der Waals surface area contributed by atoms with Crippen molar-refractivity contribution in [2.75, 3.05) is 72.6 Å². The van der Waals surface area contributed by atoms with Gasteiger partial charge < -0.3 is 169 Å². The number of rotatable bonds is 60. The van der Waals surface area contributed by atoms with Crippen LogP contribution in [-0.2, 0) is 85.5 Å². The van der Waals surface area contributed by atoms with Crippen molar-refractivity contribution in [3.63, 3.8) is 0 Å². The lowest BCUT2D eigenvalue weighted by molar-refractivity contribution is -0.390. The number of aliphatic hydroxyl groups is 18. The maximum Gasteiger partial charge on any atom is 0.373 e. The summed E-state index contributed by atoms with van der Waals surface area (Å²) < 4.78 is 83.0. The zero-order valence-corrected chi connectivity index (χ0v) is 70.8. The van der Waals surface area contributed by atoms with E-state index in [9.17, 15) is 102 Å². The number of aliphatic hydroxyl groups excluding tert-OH is 18. The summed E-state index contributed by atoms with van der Waals surface area (Å²) in [5.74, 6) is -1.95. The highest BCUT2D eigenvalue weighted by Crippen LogP contribution is 2.39. The molecule has 6 heterocycles. The number of hydrogen-bond donors (Lipinski definition) is 20. The molecule has 120 heavy (non-hydrogen) atoms. The Morgan fingerprint density at radius 3 is 1.23 bits per heavy atom. The first-order valence-corrected chi connectivity index (χ1v) is 44.2. The summed E-state index contributed by atoms with van der Waals surface area (Å²) in [7, 11) is 0. The van der Waals surface area contributed by atoms with Gasteiger partial charge in [0, 0.05) is 45.6 Å². The van der Waals surface area contributed by atoms with Gasteiger partial charge in [-0.2, -0.15) is 9.59 Å². The predicted octanol–water partition coefficient (Wildman–Crippen LogP) is -0.839. The van der Waals surface area contributed by atoms with E-state index in [2.05, 4.69) is 24.5 Å². The Balaban J connectivity index is 0.00000841. The van der Waals surface area contributed by atoms with E-state index in [0.29, 0.717) is 39.0 Å². The van der Waals surface area contributed by atoms with Crippen LogP contribution in [0.15, 0.2) is 0 Å². The first-order valence-electron chi connectivity index (χ1n) is 44.2. The molecule has 11 unspecified atom stereocenters. The largest absolute Gasteiger partial charge is 0.394 e. The smallest absolute Gasteiger partial charge is 0.373 e. The van der Waals surface area contributed by atoms with Gasteiger partial charge in [0.05, 0.1) is 58.5 Å². The van der Waals surface area contributed by atoms with Crippen molar-refractivity contribution in [1.82, 2.24) is 10.6 Å². The van der Waals surface area contributed by atoms with Gasteiger partial charge in [0.1, 0.15) is 134 Å². The fourth-order valence-electron chi connectivity index (χ4n) is 15.9. The summed E-state index contributed by atoms with van der Waals surface area (Å²) in [4.78, 5) is 42.8. The second-order valence-corrected chi connectivity index (χ2v) is 32.6. The number of carbonyl (C=O) groups excluding carboxylic acids is 4. The highest BCUT2D eigenvalue weighted by Gasteiger charge is 2.58. The molecule has 6 saturated heterocycles. The van der Waals surface area contributed by atoms with Crippen molar-refractivity contribution in [2.45, 2.75) is 423 Å². The van der Waals surface area contributed by atoms with Crippen molar-refractivity contribution in [3.05, 3.63) is 0 Å². The molecule has 704 valence electrons. The molecule has 20 N–H and O–H groups in total. The zero-order chi connectivity index (χ0) is 88.1. The summed E-state index contributed by atoms with van der Waals surface area (Å²) >= 11 is 0. The molecular formula is C82H150N2O36. The van der Waals surface area contributed by atoms with E-state index in [-0.39, 0.29) is 31.7 Å². The molecule has 0 aromatic heterocycles. The molecule has 6 fully saturated rings. The number of nitrogens with one attached hydrogen (secondary N) is 2. The van der Waals surface area contributed by atoms with E-state index in [1.54, 1.807) is 0 Å². The average Bonchev–Trinajstić information content (AvgIpc) is 0.773. The van der Waals surface area contributed by atoms with Gasteiger partial charge in [-0.15, -0.1) is 0 Å². The van der Waals surface area contributed by atoms with Crippen LogP contribution in [0.5, 0.6) is 0 Å². The minimum absolute atomic E-state index is 0.0179. The Bertz CT molecular complexity index is 2670. The van der Waals surface area contributed by atoms with Crippen LogP contribution in [0.25, 0.3) is 0 Å². The quantitative estimate of drug-likeness (QED) is 0.0330. The number of hydrogen-bond acceptors (Lipinski definition) is 36. The number of carbonyl (C=O) groups is 2. The van der Waals surface area contributed by atoms with Crippen LogP contribution in [0, 0.1) is 5.92 Å². The highest BCUT2D eigenvalue weighted by atomic mass is 16.8. The van der Waals surface area contributed by atoms with Crippen molar-refractivity contribution < 1.29 is 177 Å². The normalized spacial score (nSPS) is 34.9. The van der Waals surface area contributed by atoms with E-state index in [4.69, 9.17) is 75.9 Å². The molecule has 0 aliphatic carbocycles. The molecule has 6 aliphatic heterocycles. The third-order valence-electron chi connectivity index (χ3n) is 23.2. The maximum atomic E-state index is 13.6. The third-order valence-corrected chi connectivity index (χ3v) is 23.2. The van der Waals surface area contributed by atoms with E-state index in [1.807, 2.05) is 0 Å². The van der Waals surface area contributed by atoms with Gasteiger partial charge in [-0.3, -0.25) is 9.59 Å². The van der Waals surface area contributed by atoms with Gasteiger partial charge in [-0.25, -0.2) is 0 Å². The molecule has 38 nitrogen and oxygen atoms in total. The fourth-order valence-corrected chi connectivity index (χ4v) is 15.9. The molecule has 38 heteroatoms. The third kappa shape index (κ3) is 35.2. The Morgan fingerprint density at radius 1 is 0.417 bits per heavy atom. The molecular weight excluding hydrogens is 1590 g/mol. The second kappa shape index (κ2) is 60.7. The number of ether oxygens (including phenoxy) is 14.